The second-order valence-electron chi connectivity index (χ2n) is 6.36. The third kappa shape index (κ3) is 5.16. The molecule has 1 aromatic rings. The normalized spacial score (nSPS) is 13.1. The van der Waals surface area contributed by atoms with Gasteiger partial charge in [-0.05, 0) is 50.1 Å². The lowest BCUT2D eigenvalue weighted by Crippen LogP contribution is -2.47. The fourth-order valence-corrected chi connectivity index (χ4v) is 2.78. The molecule has 0 unspecified atom stereocenters. The monoisotopic (exact) mass is 311 g/mol. The highest BCUT2D eigenvalue weighted by atomic mass is 32.1. The summed E-state index contributed by atoms with van der Waals surface area (Å²) >= 11 is 1.40. The van der Waals surface area contributed by atoms with Crippen molar-refractivity contribution < 1.29 is 14.3 Å². The number of nitrogens with one attached hydrogen (secondary N) is 1. The van der Waals surface area contributed by atoms with Gasteiger partial charge in [-0.1, -0.05) is 20.8 Å². The Kier molecular flexibility index (Phi) is 5.96. The number of hydrogen-bond donors (Lipinski definition) is 1. The molecular formula is C16H25NO3S. The highest BCUT2D eigenvalue weighted by Gasteiger charge is 2.30. The number of carbonyl (C=O) groups excluding carboxylic acids is 2. The van der Waals surface area contributed by atoms with Gasteiger partial charge in [-0.2, -0.15) is 0 Å². The van der Waals surface area contributed by atoms with Crippen LogP contribution < -0.4 is 5.32 Å². The quantitative estimate of drug-likeness (QED) is 0.848. The molecular weight excluding hydrogens is 286 g/mol. The van der Waals surface area contributed by atoms with Gasteiger partial charge in [0.05, 0.1) is 4.88 Å². The summed E-state index contributed by atoms with van der Waals surface area (Å²) in [7, 11) is 0. The van der Waals surface area contributed by atoms with Crippen molar-refractivity contribution in [1.82, 2.24) is 5.32 Å². The van der Waals surface area contributed by atoms with E-state index in [9.17, 15) is 9.59 Å². The van der Waals surface area contributed by atoms with Gasteiger partial charge >= 0.3 is 5.97 Å². The zero-order chi connectivity index (χ0) is 16.2. The number of hydrogen-bond acceptors (Lipinski definition) is 4. The minimum Gasteiger partial charge on any atom is -0.458 e. The Morgan fingerprint density at radius 3 is 2.43 bits per heavy atom. The lowest BCUT2D eigenvalue weighted by atomic mass is 10.0. The van der Waals surface area contributed by atoms with Gasteiger partial charge in [-0.25, -0.2) is 4.79 Å². The van der Waals surface area contributed by atoms with Crippen molar-refractivity contribution in [2.45, 2.75) is 59.6 Å². The van der Waals surface area contributed by atoms with Crippen molar-refractivity contribution in [2.24, 2.45) is 5.92 Å². The first kappa shape index (κ1) is 17.7. The maximum atomic E-state index is 12.4. The Hall–Kier alpha value is -1.36. The van der Waals surface area contributed by atoms with Crippen molar-refractivity contribution >= 4 is 23.2 Å². The van der Waals surface area contributed by atoms with Crippen molar-refractivity contribution in [2.75, 3.05) is 0 Å². The molecule has 0 spiro atoms. The molecule has 1 rings (SSSR count). The SMILES string of the molecule is CCc1ccsc1C(=O)N[C@H](C(=O)OC(C)(C)C)C(C)C. The van der Waals surface area contributed by atoms with E-state index in [-0.39, 0.29) is 17.8 Å². The first-order valence-corrected chi connectivity index (χ1v) is 8.13. The topological polar surface area (TPSA) is 55.4 Å². The van der Waals surface area contributed by atoms with Gasteiger partial charge in [-0.3, -0.25) is 4.79 Å². The average molecular weight is 311 g/mol. The molecule has 0 aliphatic heterocycles. The number of thiophene rings is 1. The third-order valence-corrected chi connectivity index (χ3v) is 3.90. The van der Waals surface area contributed by atoms with Crippen LogP contribution in [0.5, 0.6) is 0 Å². The molecule has 118 valence electrons. The van der Waals surface area contributed by atoms with E-state index in [1.54, 1.807) is 0 Å². The van der Waals surface area contributed by atoms with E-state index in [0.717, 1.165) is 12.0 Å². The van der Waals surface area contributed by atoms with Gasteiger partial charge in [0.1, 0.15) is 11.6 Å². The second kappa shape index (κ2) is 7.07. The average Bonchev–Trinajstić information content (AvgIpc) is 2.81. The van der Waals surface area contributed by atoms with Crippen LogP contribution in [0.15, 0.2) is 11.4 Å². The van der Waals surface area contributed by atoms with Gasteiger partial charge in [0.2, 0.25) is 0 Å². The molecule has 4 nitrogen and oxygen atoms in total. The van der Waals surface area contributed by atoms with Crippen LogP contribution in [0.1, 0.15) is 56.8 Å². The van der Waals surface area contributed by atoms with Crippen LogP contribution in [-0.2, 0) is 16.0 Å². The molecule has 0 aliphatic rings. The van der Waals surface area contributed by atoms with E-state index in [2.05, 4.69) is 5.32 Å². The summed E-state index contributed by atoms with van der Waals surface area (Å²) in [5.41, 5.74) is 0.441. The fraction of sp³-hybridized carbons (Fsp3) is 0.625. The minimum atomic E-state index is -0.636. The van der Waals surface area contributed by atoms with Gasteiger partial charge in [-0.15, -0.1) is 11.3 Å². The van der Waals surface area contributed by atoms with Crippen LogP contribution in [0, 0.1) is 5.92 Å². The minimum absolute atomic E-state index is 0.0335. The molecule has 0 fully saturated rings. The van der Waals surface area contributed by atoms with Crippen LogP contribution in [0.4, 0.5) is 0 Å². The summed E-state index contributed by atoms with van der Waals surface area (Å²) in [5, 5.41) is 4.71. The van der Waals surface area contributed by atoms with Crippen molar-refractivity contribution in [3.05, 3.63) is 21.9 Å². The molecule has 21 heavy (non-hydrogen) atoms. The zero-order valence-electron chi connectivity index (χ0n) is 13.6. The number of carbonyl (C=O) groups is 2. The van der Waals surface area contributed by atoms with Gasteiger partial charge < -0.3 is 10.1 Å². The third-order valence-electron chi connectivity index (χ3n) is 2.95. The zero-order valence-corrected chi connectivity index (χ0v) is 14.5. The highest BCUT2D eigenvalue weighted by molar-refractivity contribution is 7.12. The van der Waals surface area contributed by atoms with E-state index in [4.69, 9.17) is 4.74 Å². The van der Waals surface area contributed by atoms with Crippen molar-refractivity contribution in [3.8, 4) is 0 Å². The van der Waals surface area contributed by atoms with Crippen molar-refractivity contribution in [1.29, 1.82) is 0 Å². The Labute approximate surface area is 130 Å². The maximum absolute atomic E-state index is 12.4. The Morgan fingerprint density at radius 2 is 1.95 bits per heavy atom. The molecule has 1 atom stereocenters. The predicted molar refractivity (Wildman–Crippen MR) is 85.6 cm³/mol. The molecule has 1 N–H and O–H groups in total. The fourth-order valence-electron chi connectivity index (χ4n) is 1.88. The molecule has 0 aromatic carbocycles. The summed E-state index contributed by atoms with van der Waals surface area (Å²) in [6.45, 7) is 11.2. The largest absolute Gasteiger partial charge is 0.458 e. The lowest BCUT2D eigenvalue weighted by Gasteiger charge is -2.26. The Balaban J connectivity index is 2.84. The maximum Gasteiger partial charge on any atom is 0.329 e. The molecule has 1 amide bonds. The summed E-state index contributed by atoms with van der Waals surface area (Å²) < 4.78 is 5.39. The number of amides is 1. The summed E-state index contributed by atoms with van der Waals surface area (Å²) in [6.07, 6.45) is 0.797. The first-order valence-electron chi connectivity index (χ1n) is 7.25. The second-order valence-corrected chi connectivity index (χ2v) is 7.27. The van der Waals surface area contributed by atoms with E-state index in [1.807, 2.05) is 53.0 Å². The number of aryl methyl sites for hydroxylation is 1. The Bertz CT molecular complexity index is 500. The molecule has 1 heterocycles. The molecule has 0 saturated heterocycles. The van der Waals surface area contributed by atoms with Crippen LogP contribution in [0.3, 0.4) is 0 Å². The van der Waals surface area contributed by atoms with Crippen LogP contribution >= 0.6 is 11.3 Å². The molecule has 0 radical (unpaired) electrons. The van der Waals surface area contributed by atoms with Crippen molar-refractivity contribution in [3.63, 3.8) is 0 Å². The van der Waals surface area contributed by atoms with E-state index < -0.39 is 11.6 Å². The van der Waals surface area contributed by atoms with E-state index >= 15 is 0 Å². The predicted octanol–water partition coefficient (Wildman–Crippen LogP) is 3.41. The van der Waals surface area contributed by atoms with E-state index in [1.165, 1.54) is 11.3 Å². The standard InChI is InChI=1S/C16H25NO3S/c1-7-11-8-9-21-13(11)14(18)17-12(10(2)3)15(19)20-16(4,5)6/h8-10,12H,7H2,1-6H3,(H,17,18)/t12-/m0/s1. The summed E-state index contributed by atoms with van der Waals surface area (Å²) in [4.78, 5) is 25.3. The molecule has 0 aliphatic carbocycles. The van der Waals surface area contributed by atoms with Gasteiger partial charge in [0.15, 0.2) is 0 Å². The number of ether oxygens (including phenoxy) is 1. The van der Waals surface area contributed by atoms with Crippen LogP contribution in [-0.4, -0.2) is 23.5 Å². The Morgan fingerprint density at radius 1 is 1.33 bits per heavy atom. The highest BCUT2D eigenvalue weighted by Crippen LogP contribution is 2.19. The number of rotatable bonds is 5. The smallest absolute Gasteiger partial charge is 0.329 e. The van der Waals surface area contributed by atoms with Crippen LogP contribution in [0.2, 0.25) is 0 Å². The van der Waals surface area contributed by atoms with Gasteiger partial charge in [0, 0.05) is 0 Å². The first-order chi connectivity index (χ1) is 9.65. The molecule has 5 heteroatoms. The van der Waals surface area contributed by atoms with Gasteiger partial charge in [0.25, 0.3) is 5.91 Å². The van der Waals surface area contributed by atoms with E-state index in [0.29, 0.717) is 4.88 Å². The summed E-state index contributed by atoms with van der Waals surface area (Å²) in [6, 6.07) is 1.31. The van der Waals surface area contributed by atoms with Crippen LogP contribution in [0.25, 0.3) is 0 Å². The lowest BCUT2D eigenvalue weighted by molar-refractivity contribution is -0.158. The molecule has 1 aromatic heterocycles. The molecule has 0 bridgehead atoms. The number of esters is 1. The summed E-state index contributed by atoms with van der Waals surface area (Å²) in [5.74, 6) is -0.624. The molecule has 0 saturated carbocycles.